The molecule has 1 aromatic heterocycles. The lowest BCUT2D eigenvalue weighted by Crippen LogP contribution is -2.46. The summed E-state index contributed by atoms with van der Waals surface area (Å²) in [5.41, 5.74) is 1.35. The summed E-state index contributed by atoms with van der Waals surface area (Å²) in [6.45, 7) is 1.78. The van der Waals surface area contributed by atoms with Gasteiger partial charge in [-0.1, -0.05) is 65.7 Å². The molecule has 0 aliphatic carbocycles. The first-order valence-corrected chi connectivity index (χ1v) is 13.1. The second-order valence-electron chi connectivity index (χ2n) is 8.36. The highest BCUT2D eigenvalue weighted by atomic mass is 35.5. The first-order chi connectivity index (χ1) is 17.0. The molecule has 1 unspecified atom stereocenters. The number of benzene rings is 2. The summed E-state index contributed by atoms with van der Waals surface area (Å²) in [5, 5.41) is 5.44. The number of nitrogens with one attached hydrogen (secondary N) is 1. The number of ether oxygens (including phenoxy) is 1. The number of hydrogen-bond acceptors (Lipinski definition) is 4. The summed E-state index contributed by atoms with van der Waals surface area (Å²) in [4.78, 5) is 31.2. The van der Waals surface area contributed by atoms with Crippen molar-refractivity contribution in [3.05, 3.63) is 86.5 Å². The van der Waals surface area contributed by atoms with Gasteiger partial charge in [-0.2, -0.15) is 0 Å². The highest BCUT2D eigenvalue weighted by molar-refractivity contribution is 7.09. The molecule has 184 valence electrons. The minimum Gasteiger partial charge on any atom is -0.376 e. The molecule has 1 saturated heterocycles. The third-order valence-corrected chi connectivity index (χ3v) is 7.24. The van der Waals surface area contributed by atoms with Crippen LogP contribution in [0.1, 0.15) is 23.3 Å². The van der Waals surface area contributed by atoms with Crippen molar-refractivity contribution in [2.45, 2.75) is 32.0 Å². The number of amides is 3. The maximum absolute atomic E-state index is 13.6. The number of hydrogen-bond donors (Lipinski definition) is 1. The Morgan fingerprint density at radius 2 is 1.74 bits per heavy atom. The SMILES string of the molecule is O=C(CN(CC1CCCO1)C(=O)Nc1c(Cl)cccc1Cl)N(Cc1ccccc1)Cc1cccs1. The lowest BCUT2D eigenvalue weighted by molar-refractivity contribution is -0.133. The second kappa shape index (κ2) is 12.4. The highest BCUT2D eigenvalue weighted by Gasteiger charge is 2.27. The van der Waals surface area contributed by atoms with Crippen molar-refractivity contribution in [3.63, 3.8) is 0 Å². The quantitative estimate of drug-likeness (QED) is 0.352. The number of nitrogens with zero attached hydrogens (tertiary/aromatic N) is 2. The molecule has 6 nitrogen and oxygen atoms in total. The van der Waals surface area contributed by atoms with Crippen LogP contribution in [-0.4, -0.2) is 47.5 Å². The first-order valence-electron chi connectivity index (χ1n) is 11.4. The summed E-state index contributed by atoms with van der Waals surface area (Å²) in [6.07, 6.45) is 1.66. The Labute approximate surface area is 219 Å². The van der Waals surface area contributed by atoms with Gasteiger partial charge in [0.05, 0.1) is 28.4 Å². The molecule has 0 saturated carbocycles. The van der Waals surface area contributed by atoms with Crippen LogP contribution in [0, 0.1) is 0 Å². The minimum atomic E-state index is -0.445. The van der Waals surface area contributed by atoms with Crippen LogP contribution in [0.25, 0.3) is 0 Å². The van der Waals surface area contributed by atoms with Crippen LogP contribution >= 0.6 is 34.5 Å². The van der Waals surface area contributed by atoms with Gasteiger partial charge in [-0.3, -0.25) is 4.79 Å². The van der Waals surface area contributed by atoms with Crippen LogP contribution in [0.5, 0.6) is 0 Å². The molecule has 3 aromatic rings. The molecule has 4 rings (SSSR count). The maximum Gasteiger partial charge on any atom is 0.322 e. The van der Waals surface area contributed by atoms with Gasteiger partial charge in [-0.25, -0.2) is 4.79 Å². The number of thiophene rings is 1. The molecule has 35 heavy (non-hydrogen) atoms. The van der Waals surface area contributed by atoms with Crippen LogP contribution in [0.4, 0.5) is 10.5 Å². The average molecular weight is 532 g/mol. The van der Waals surface area contributed by atoms with Crippen molar-refractivity contribution in [1.29, 1.82) is 0 Å². The Bertz CT molecular complexity index is 1100. The van der Waals surface area contributed by atoms with E-state index in [0.29, 0.717) is 42.0 Å². The van der Waals surface area contributed by atoms with Gasteiger partial charge in [-0.05, 0) is 42.0 Å². The topological polar surface area (TPSA) is 61.9 Å². The van der Waals surface area contributed by atoms with Gasteiger partial charge in [0.25, 0.3) is 0 Å². The van der Waals surface area contributed by atoms with E-state index in [1.54, 1.807) is 34.4 Å². The average Bonchev–Trinajstić information content (AvgIpc) is 3.56. The molecule has 9 heteroatoms. The fraction of sp³-hybridized carbons (Fsp3) is 0.308. The Morgan fingerprint density at radius 3 is 2.40 bits per heavy atom. The Kier molecular flexibility index (Phi) is 9.04. The lowest BCUT2D eigenvalue weighted by atomic mass is 10.2. The fourth-order valence-corrected chi connectivity index (χ4v) is 5.16. The van der Waals surface area contributed by atoms with Crippen molar-refractivity contribution in [2.24, 2.45) is 0 Å². The predicted molar refractivity (Wildman–Crippen MR) is 141 cm³/mol. The van der Waals surface area contributed by atoms with Crippen LogP contribution in [-0.2, 0) is 22.6 Å². The van der Waals surface area contributed by atoms with Gasteiger partial charge < -0.3 is 19.9 Å². The van der Waals surface area contributed by atoms with E-state index in [9.17, 15) is 9.59 Å². The van der Waals surface area contributed by atoms with Crippen molar-refractivity contribution < 1.29 is 14.3 Å². The summed E-state index contributed by atoms with van der Waals surface area (Å²) in [7, 11) is 0. The molecule has 2 aromatic carbocycles. The van der Waals surface area contributed by atoms with E-state index in [4.69, 9.17) is 27.9 Å². The molecular weight excluding hydrogens is 505 g/mol. The molecule has 0 radical (unpaired) electrons. The van der Waals surface area contributed by atoms with Crippen LogP contribution in [0.2, 0.25) is 10.0 Å². The van der Waals surface area contributed by atoms with E-state index >= 15 is 0 Å². The normalized spacial score (nSPS) is 15.1. The van der Waals surface area contributed by atoms with Gasteiger partial charge in [0.2, 0.25) is 5.91 Å². The van der Waals surface area contributed by atoms with E-state index < -0.39 is 6.03 Å². The second-order valence-corrected chi connectivity index (χ2v) is 10.2. The highest BCUT2D eigenvalue weighted by Crippen LogP contribution is 2.30. The molecule has 1 fully saturated rings. The lowest BCUT2D eigenvalue weighted by Gasteiger charge is -2.29. The van der Waals surface area contributed by atoms with Gasteiger partial charge >= 0.3 is 6.03 Å². The number of halogens is 2. The van der Waals surface area contributed by atoms with Gasteiger partial charge in [0.1, 0.15) is 6.54 Å². The number of anilines is 1. The van der Waals surface area contributed by atoms with E-state index in [2.05, 4.69) is 5.32 Å². The minimum absolute atomic E-state index is 0.0913. The zero-order valence-electron chi connectivity index (χ0n) is 19.2. The third kappa shape index (κ3) is 7.21. The smallest absolute Gasteiger partial charge is 0.322 e. The number of carbonyl (C=O) groups excluding carboxylic acids is 2. The van der Waals surface area contributed by atoms with Crippen molar-refractivity contribution in [1.82, 2.24) is 9.80 Å². The Morgan fingerprint density at radius 1 is 0.971 bits per heavy atom. The summed E-state index contributed by atoms with van der Waals surface area (Å²) in [5.74, 6) is -0.152. The first kappa shape index (κ1) is 25.5. The van der Waals surface area contributed by atoms with E-state index in [0.717, 1.165) is 23.3 Å². The summed E-state index contributed by atoms with van der Waals surface area (Å²) in [6, 6.07) is 18.4. The Hall–Kier alpha value is -2.58. The molecule has 1 N–H and O–H groups in total. The predicted octanol–water partition coefficient (Wildman–Crippen LogP) is 6.30. The van der Waals surface area contributed by atoms with Gasteiger partial charge in [0.15, 0.2) is 0 Å². The molecule has 1 aliphatic heterocycles. The zero-order valence-corrected chi connectivity index (χ0v) is 21.5. The van der Waals surface area contributed by atoms with Crippen LogP contribution in [0.3, 0.4) is 0 Å². The zero-order chi connectivity index (χ0) is 24.6. The molecule has 0 bridgehead atoms. The molecule has 2 heterocycles. The molecule has 1 atom stereocenters. The van der Waals surface area contributed by atoms with Gasteiger partial charge in [0, 0.05) is 24.6 Å². The fourth-order valence-electron chi connectivity index (χ4n) is 3.95. The van der Waals surface area contributed by atoms with E-state index in [1.807, 2.05) is 47.8 Å². The van der Waals surface area contributed by atoms with Crippen molar-refractivity contribution in [3.8, 4) is 0 Å². The number of para-hydroxylation sites is 1. The molecule has 3 amide bonds. The van der Waals surface area contributed by atoms with Crippen molar-refractivity contribution >= 4 is 52.2 Å². The molecule has 0 spiro atoms. The number of urea groups is 1. The van der Waals surface area contributed by atoms with Crippen LogP contribution < -0.4 is 5.32 Å². The third-order valence-electron chi connectivity index (χ3n) is 5.75. The molecule has 1 aliphatic rings. The van der Waals surface area contributed by atoms with Crippen molar-refractivity contribution in [2.75, 3.05) is 25.0 Å². The van der Waals surface area contributed by atoms with Gasteiger partial charge in [-0.15, -0.1) is 11.3 Å². The summed E-state index contributed by atoms with van der Waals surface area (Å²) < 4.78 is 5.76. The number of carbonyl (C=O) groups is 2. The molecular formula is C26H27Cl2N3O3S. The maximum atomic E-state index is 13.6. The summed E-state index contributed by atoms with van der Waals surface area (Å²) >= 11 is 14.1. The monoisotopic (exact) mass is 531 g/mol. The Balaban J connectivity index is 1.52. The largest absolute Gasteiger partial charge is 0.376 e. The van der Waals surface area contributed by atoms with E-state index in [-0.39, 0.29) is 18.6 Å². The van der Waals surface area contributed by atoms with E-state index in [1.165, 1.54) is 4.90 Å². The van der Waals surface area contributed by atoms with Crippen LogP contribution in [0.15, 0.2) is 66.0 Å². The number of rotatable bonds is 9. The standard InChI is InChI=1S/C26H27Cl2N3O3S/c27-22-11-4-12-23(28)25(22)29-26(33)31(16-20-9-5-13-34-20)18-24(32)30(17-21-10-6-14-35-21)15-19-7-2-1-3-8-19/h1-4,6-8,10-12,14,20H,5,9,13,15-18H2,(H,29,33).